The largest absolute Gasteiger partial charge is 0.493 e. The van der Waals surface area contributed by atoms with E-state index >= 15 is 0 Å². The summed E-state index contributed by atoms with van der Waals surface area (Å²) in [7, 11) is 0. The maximum Gasteiger partial charge on any atom is 0.283 e. The number of azo groups is 1. The van der Waals surface area contributed by atoms with Crippen LogP contribution in [0.1, 0.15) is 15.9 Å². The lowest BCUT2D eigenvalue weighted by Gasteiger charge is -2.06. The van der Waals surface area contributed by atoms with Crippen LogP contribution in [0.15, 0.2) is 93.6 Å². The average molecular weight is 491 g/mol. The lowest BCUT2D eigenvalue weighted by atomic mass is 10.2. The number of aromatic nitrogens is 1. The van der Waals surface area contributed by atoms with Crippen LogP contribution < -0.4 is 5.32 Å². The van der Waals surface area contributed by atoms with Gasteiger partial charge in [0, 0.05) is 9.86 Å². The second-order valence-electron chi connectivity index (χ2n) is 7.02. The summed E-state index contributed by atoms with van der Waals surface area (Å²) in [6.07, 6.45) is 0. The molecule has 1 aromatic heterocycles. The van der Waals surface area contributed by atoms with Gasteiger partial charge in [0.15, 0.2) is 5.69 Å². The monoisotopic (exact) mass is 490 g/mol. The summed E-state index contributed by atoms with van der Waals surface area (Å²) in [6, 6.07) is 24.0. The van der Waals surface area contributed by atoms with Crippen molar-refractivity contribution in [3.63, 3.8) is 0 Å². The number of rotatable bonds is 6. The molecule has 7 nitrogen and oxygen atoms in total. The number of para-hydroxylation sites is 1. The van der Waals surface area contributed by atoms with Crippen LogP contribution in [0.2, 0.25) is 0 Å². The van der Waals surface area contributed by atoms with Gasteiger partial charge in [-0.1, -0.05) is 60.7 Å². The SMILES string of the molecule is O=C(CNC(=O)c1ccccc1Br)N=Nc1c(O)n(Cc2ccccc2)c2ccccc12. The summed E-state index contributed by atoms with van der Waals surface area (Å²) < 4.78 is 2.35. The Morgan fingerprint density at radius 2 is 1.62 bits per heavy atom. The molecule has 2 N–H and O–H groups in total. The normalized spacial score (nSPS) is 11.2. The number of hydrogen-bond donors (Lipinski definition) is 2. The number of benzene rings is 3. The summed E-state index contributed by atoms with van der Waals surface area (Å²) in [4.78, 5) is 24.4. The van der Waals surface area contributed by atoms with Crippen molar-refractivity contribution in [1.29, 1.82) is 0 Å². The molecule has 3 aromatic carbocycles. The highest BCUT2D eigenvalue weighted by Crippen LogP contribution is 2.39. The van der Waals surface area contributed by atoms with Crippen molar-refractivity contribution in [2.24, 2.45) is 10.2 Å². The molecule has 0 aliphatic carbocycles. The van der Waals surface area contributed by atoms with Gasteiger partial charge >= 0.3 is 0 Å². The van der Waals surface area contributed by atoms with E-state index in [2.05, 4.69) is 31.5 Å². The number of halogens is 1. The fourth-order valence-electron chi connectivity index (χ4n) is 3.33. The van der Waals surface area contributed by atoms with E-state index in [1.165, 1.54) is 0 Å². The Morgan fingerprint density at radius 1 is 0.938 bits per heavy atom. The number of carbonyl (C=O) groups is 2. The standard InChI is InChI=1S/C24H19BrN4O3/c25-19-12-6-4-10-17(19)23(31)26-14-21(30)27-28-22-18-11-5-7-13-20(18)29(24(22)32)15-16-8-2-1-3-9-16/h1-13,32H,14-15H2,(H,26,31). The highest BCUT2D eigenvalue weighted by atomic mass is 79.9. The minimum absolute atomic E-state index is 0.0798. The number of amides is 2. The van der Waals surface area contributed by atoms with Crippen molar-refractivity contribution in [3.8, 4) is 5.88 Å². The summed E-state index contributed by atoms with van der Waals surface area (Å²) in [5, 5.41) is 21.7. The van der Waals surface area contributed by atoms with Crippen LogP contribution >= 0.6 is 15.9 Å². The molecule has 8 heteroatoms. The maximum atomic E-state index is 12.2. The number of aromatic hydroxyl groups is 1. The first-order chi connectivity index (χ1) is 15.5. The average Bonchev–Trinajstić information content (AvgIpc) is 3.08. The molecule has 2 amide bonds. The van der Waals surface area contributed by atoms with Gasteiger partial charge in [0.25, 0.3) is 11.8 Å². The van der Waals surface area contributed by atoms with E-state index in [0.717, 1.165) is 11.1 Å². The quantitative estimate of drug-likeness (QED) is 0.363. The molecule has 0 spiro atoms. The van der Waals surface area contributed by atoms with Crippen LogP contribution in [0.3, 0.4) is 0 Å². The van der Waals surface area contributed by atoms with Crippen molar-refractivity contribution < 1.29 is 14.7 Å². The molecule has 0 radical (unpaired) electrons. The lowest BCUT2D eigenvalue weighted by molar-refractivity contribution is -0.117. The predicted molar refractivity (Wildman–Crippen MR) is 125 cm³/mol. The van der Waals surface area contributed by atoms with Crippen LogP contribution in [0, 0.1) is 0 Å². The zero-order valence-electron chi connectivity index (χ0n) is 16.9. The Morgan fingerprint density at radius 3 is 2.41 bits per heavy atom. The first-order valence-corrected chi connectivity index (χ1v) is 10.7. The fourth-order valence-corrected chi connectivity index (χ4v) is 3.80. The summed E-state index contributed by atoms with van der Waals surface area (Å²) in [5.74, 6) is -1.11. The van der Waals surface area contributed by atoms with Crippen molar-refractivity contribution >= 4 is 44.3 Å². The van der Waals surface area contributed by atoms with E-state index in [1.54, 1.807) is 28.8 Å². The second kappa shape index (κ2) is 9.57. The van der Waals surface area contributed by atoms with E-state index in [0.29, 0.717) is 22.0 Å². The van der Waals surface area contributed by atoms with Gasteiger partial charge in [-0.15, -0.1) is 10.2 Å². The number of nitrogens with zero attached hydrogens (tertiary/aromatic N) is 3. The van der Waals surface area contributed by atoms with Gasteiger partial charge in [-0.25, -0.2) is 0 Å². The van der Waals surface area contributed by atoms with Crippen molar-refractivity contribution in [3.05, 3.63) is 94.5 Å². The molecule has 32 heavy (non-hydrogen) atoms. The van der Waals surface area contributed by atoms with E-state index in [1.807, 2.05) is 54.6 Å². The van der Waals surface area contributed by atoms with Crippen molar-refractivity contribution in [2.75, 3.05) is 6.54 Å². The Labute approximate surface area is 192 Å². The van der Waals surface area contributed by atoms with Gasteiger partial charge in [0.1, 0.15) is 6.54 Å². The second-order valence-corrected chi connectivity index (χ2v) is 7.87. The van der Waals surface area contributed by atoms with E-state index in [4.69, 9.17) is 0 Å². The first kappa shape index (κ1) is 21.5. The molecule has 0 fully saturated rings. The zero-order chi connectivity index (χ0) is 22.5. The maximum absolute atomic E-state index is 12.2. The van der Waals surface area contributed by atoms with Gasteiger partial charge in [-0.05, 0) is 39.7 Å². The molecule has 4 aromatic rings. The molecule has 160 valence electrons. The highest BCUT2D eigenvalue weighted by molar-refractivity contribution is 9.10. The highest BCUT2D eigenvalue weighted by Gasteiger charge is 2.17. The third-order valence-electron chi connectivity index (χ3n) is 4.88. The molecule has 0 bridgehead atoms. The molecule has 0 unspecified atom stereocenters. The van der Waals surface area contributed by atoms with Crippen molar-refractivity contribution in [2.45, 2.75) is 6.54 Å². The minimum atomic E-state index is -0.635. The first-order valence-electron chi connectivity index (χ1n) is 9.86. The third-order valence-corrected chi connectivity index (χ3v) is 5.57. The van der Waals surface area contributed by atoms with Crippen LogP contribution in [-0.2, 0) is 11.3 Å². The predicted octanol–water partition coefficient (Wildman–Crippen LogP) is 5.20. The van der Waals surface area contributed by atoms with Gasteiger partial charge in [0.2, 0.25) is 5.88 Å². The molecule has 0 saturated heterocycles. The molecular weight excluding hydrogens is 472 g/mol. The van der Waals surface area contributed by atoms with E-state index in [9.17, 15) is 14.7 Å². The molecule has 4 rings (SSSR count). The number of fused-ring (bicyclic) bond motifs is 1. The van der Waals surface area contributed by atoms with Gasteiger partial charge in [-0.2, -0.15) is 0 Å². The van der Waals surface area contributed by atoms with Crippen molar-refractivity contribution in [1.82, 2.24) is 9.88 Å². The Hall–Kier alpha value is -3.78. The summed E-state index contributed by atoms with van der Waals surface area (Å²) in [6.45, 7) is 0.131. The molecule has 1 heterocycles. The molecular formula is C24H19BrN4O3. The van der Waals surface area contributed by atoms with Gasteiger partial charge < -0.3 is 15.0 Å². The molecule has 0 aliphatic heterocycles. The third kappa shape index (κ3) is 4.60. The smallest absolute Gasteiger partial charge is 0.283 e. The van der Waals surface area contributed by atoms with Gasteiger partial charge in [-0.3, -0.25) is 9.59 Å². The summed E-state index contributed by atoms with van der Waals surface area (Å²) in [5.41, 5.74) is 2.41. The van der Waals surface area contributed by atoms with Gasteiger partial charge in [0.05, 0.1) is 17.6 Å². The Kier molecular flexibility index (Phi) is 6.42. The van der Waals surface area contributed by atoms with Crippen LogP contribution in [0.25, 0.3) is 10.9 Å². The molecule has 0 atom stereocenters. The Bertz CT molecular complexity index is 1320. The molecule has 0 saturated carbocycles. The number of nitrogens with one attached hydrogen (secondary N) is 1. The van der Waals surface area contributed by atoms with Crippen LogP contribution in [0.5, 0.6) is 5.88 Å². The lowest BCUT2D eigenvalue weighted by Crippen LogP contribution is -2.28. The minimum Gasteiger partial charge on any atom is -0.493 e. The summed E-state index contributed by atoms with van der Waals surface area (Å²) >= 11 is 3.30. The fraction of sp³-hybridized carbons (Fsp3) is 0.0833. The Balaban J connectivity index is 1.52. The van der Waals surface area contributed by atoms with E-state index in [-0.39, 0.29) is 18.1 Å². The van der Waals surface area contributed by atoms with Crippen LogP contribution in [-0.4, -0.2) is 28.0 Å². The topological polar surface area (TPSA) is 96.1 Å². The molecule has 0 aliphatic rings. The zero-order valence-corrected chi connectivity index (χ0v) is 18.5. The number of hydrogen-bond acceptors (Lipinski definition) is 4. The number of carbonyl (C=O) groups excluding carboxylic acids is 2. The van der Waals surface area contributed by atoms with Crippen LogP contribution in [0.4, 0.5) is 5.69 Å². The van der Waals surface area contributed by atoms with E-state index < -0.39 is 11.8 Å².